The summed E-state index contributed by atoms with van der Waals surface area (Å²) in [4.78, 5) is 11.3. The third-order valence-electron chi connectivity index (χ3n) is 3.47. The van der Waals surface area contributed by atoms with Crippen molar-refractivity contribution in [2.45, 2.75) is 0 Å². The fourth-order valence-electron chi connectivity index (χ4n) is 2.32. The molecular formula is C17H15N3O3. The van der Waals surface area contributed by atoms with Gasteiger partial charge in [0.15, 0.2) is 12.0 Å². The summed E-state index contributed by atoms with van der Waals surface area (Å²) in [6.45, 7) is 0. The minimum Gasteiger partial charge on any atom is -0.497 e. The standard InChI is InChI=1S/C17H15N3O3/c1-22-14-8-6-13(7-9-14)20-17(16(11-21)18-19-20)12-4-3-5-15(10-12)23-2/h3-11H,1-2H3. The zero-order valence-electron chi connectivity index (χ0n) is 12.8. The molecule has 0 aliphatic carbocycles. The van der Waals surface area contributed by atoms with E-state index in [4.69, 9.17) is 9.47 Å². The summed E-state index contributed by atoms with van der Waals surface area (Å²) < 4.78 is 12.0. The molecule has 2 aromatic carbocycles. The highest BCUT2D eigenvalue weighted by Crippen LogP contribution is 2.28. The van der Waals surface area contributed by atoms with Crippen molar-refractivity contribution in [3.05, 3.63) is 54.2 Å². The predicted octanol–water partition coefficient (Wildman–Crippen LogP) is 2.76. The van der Waals surface area contributed by atoms with Crippen LogP contribution in [-0.2, 0) is 0 Å². The Morgan fingerprint density at radius 1 is 1.00 bits per heavy atom. The van der Waals surface area contributed by atoms with Gasteiger partial charge in [0.05, 0.1) is 19.9 Å². The highest BCUT2D eigenvalue weighted by atomic mass is 16.5. The Balaban J connectivity index is 2.14. The maximum absolute atomic E-state index is 11.3. The SMILES string of the molecule is COc1ccc(-n2nnc(C=O)c2-c2cccc(OC)c2)cc1. The van der Waals surface area contributed by atoms with Gasteiger partial charge in [0.1, 0.15) is 17.2 Å². The number of nitrogens with zero attached hydrogens (tertiary/aromatic N) is 3. The van der Waals surface area contributed by atoms with E-state index in [1.165, 1.54) is 0 Å². The van der Waals surface area contributed by atoms with Crippen LogP contribution in [0, 0.1) is 0 Å². The molecule has 3 aromatic rings. The van der Waals surface area contributed by atoms with Gasteiger partial charge in [-0.1, -0.05) is 17.3 Å². The van der Waals surface area contributed by atoms with E-state index in [0.29, 0.717) is 17.7 Å². The van der Waals surface area contributed by atoms with Crippen LogP contribution in [0.4, 0.5) is 0 Å². The van der Waals surface area contributed by atoms with Crippen LogP contribution in [0.3, 0.4) is 0 Å². The summed E-state index contributed by atoms with van der Waals surface area (Å²) in [7, 11) is 3.20. The molecule has 0 aliphatic heterocycles. The molecule has 0 spiro atoms. The Hall–Kier alpha value is -3.15. The first kappa shape index (κ1) is 14.8. The predicted molar refractivity (Wildman–Crippen MR) is 85.3 cm³/mol. The van der Waals surface area contributed by atoms with Crippen molar-refractivity contribution < 1.29 is 14.3 Å². The number of carbonyl (C=O) groups is 1. The highest BCUT2D eigenvalue weighted by molar-refractivity contribution is 5.84. The van der Waals surface area contributed by atoms with E-state index in [9.17, 15) is 4.79 Å². The second-order valence-electron chi connectivity index (χ2n) is 4.78. The van der Waals surface area contributed by atoms with Crippen molar-refractivity contribution >= 4 is 6.29 Å². The lowest BCUT2D eigenvalue weighted by Crippen LogP contribution is -2.00. The summed E-state index contributed by atoms with van der Waals surface area (Å²) >= 11 is 0. The Bertz CT molecular complexity index is 825. The van der Waals surface area contributed by atoms with Gasteiger partial charge in [-0.15, -0.1) is 5.10 Å². The van der Waals surface area contributed by atoms with Gasteiger partial charge in [0.2, 0.25) is 0 Å². The van der Waals surface area contributed by atoms with Crippen LogP contribution in [0.25, 0.3) is 16.9 Å². The molecule has 0 bridgehead atoms. The van der Waals surface area contributed by atoms with Crippen molar-refractivity contribution in [1.29, 1.82) is 0 Å². The molecule has 1 heterocycles. The van der Waals surface area contributed by atoms with Gasteiger partial charge in [-0.05, 0) is 36.4 Å². The molecule has 0 amide bonds. The fraction of sp³-hybridized carbons (Fsp3) is 0.118. The van der Waals surface area contributed by atoms with Crippen molar-refractivity contribution in [3.63, 3.8) is 0 Å². The average Bonchev–Trinajstić information content (AvgIpc) is 3.06. The highest BCUT2D eigenvalue weighted by Gasteiger charge is 2.16. The van der Waals surface area contributed by atoms with Gasteiger partial charge in [0, 0.05) is 5.56 Å². The molecule has 6 nitrogen and oxygen atoms in total. The normalized spacial score (nSPS) is 10.3. The van der Waals surface area contributed by atoms with Crippen molar-refractivity contribution in [2.24, 2.45) is 0 Å². The summed E-state index contributed by atoms with van der Waals surface area (Å²) in [5.74, 6) is 1.44. The molecule has 0 atom stereocenters. The first-order chi connectivity index (χ1) is 11.3. The van der Waals surface area contributed by atoms with Crippen LogP contribution in [0.15, 0.2) is 48.5 Å². The van der Waals surface area contributed by atoms with Crippen LogP contribution in [0.2, 0.25) is 0 Å². The third kappa shape index (κ3) is 2.78. The summed E-state index contributed by atoms with van der Waals surface area (Å²) in [6.07, 6.45) is 0.696. The molecule has 0 aliphatic rings. The van der Waals surface area contributed by atoms with Gasteiger partial charge >= 0.3 is 0 Å². The number of benzene rings is 2. The second-order valence-corrected chi connectivity index (χ2v) is 4.78. The van der Waals surface area contributed by atoms with Crippen molar-refractivity contribution in [2.75, 3.05) is 14.2 Å². The largest absolute Gasteiger partial charge is 0.497 e. The Morgan fingerprint density at radius 3 is 2.39 bits per heavy atom. The summed E-state index contributed by atoms with van der Waals surface area (Å²) in [6, 6.07) is 14.8. The van der Waals surface area contributed by atoms with E-state index in [1.54, 1.807) is 18.9 Å². The summed E-state index contributed by atoms with van der Waals surface area (Å²) in [5.41, 5.74) is 2.47. The van der Waals surface area contributed by atoms with Crippen LogP contribution < -0.4 is 9.47 Å². The number of rotatable bonds is 5. The first-order valence-corrected chi connectivity index (χ1v) is 6.96. The number of ether oxygens (including phenoxy) is 2. The third-order valence-corrected chi connectivity index (χ3v) is 3.47. The molecule has 3 rings (SSSR count). The zero-order valence-corrected chi connectivity index (χ0v) is 12.8. The summed E-state index contributed by atoms with van der Waals surface area (Å²) in [5, 5.41) is 8.06. The molecule has 0 saturated carbocycles. The minimum absolute atomic E-state index is 0.272. The van der Waals surface area contributed by atoms with Crippen molar-refractivity contribution in [3.8, 4) is 28.4 Å². The molecule has 0 N–H and O–H groups in total. The van der Waals surface area contributed by atoms with E-state index in [2.05, 4.69) is 10.3 Å². The van der Waals surface area contributed by atoms with Crippen LogP contribution in [-0.4, -0.2) is 35.5 Å². The molecule has 0 saturated heterocycles. The quantitative estimate of drug-likeness (QED) is 0.678. The fourth-order valence-corrected chi connectivity index (χ4v) is 2.32. The number of aldehydes is 1. The second kappa shape index (κ2) is 6.31. The van der Waals surface area contributed by atoms with Gasteiger partial charge in [-0.2, -0.15) is 0 Å². The monoisotopic (exact) mass is 309 g/mol. The first-order valence-electron chi connectivity index (χ1n) is 6.96. The maximum Gasteiger partial charge on any atom is 0.172 e. The minimum atomic E-state index is 0.272. The topological polar surface area (TPSA) is 66.2 Å². The number of methoxy groups -OCH3 is 2. The lowest BCUT2D eigenvalue weighted by Gasteiger charge is -2.09. The van der Waals surface area contributed by atoms with Crippen LogP contribution >= 0.6 is 0 Å². The lowest BCUT2D eigenvalue weighted by molar-refractivity contribution is 0.111. The maximum atomic E-state index is 11.3. The molecule has 0 fully saturated rings. The lowest BCUT2D eigenvalue weighted by atomic mass is 10.1. The van der Waals surface area contributed by atoms with Crippen LogP contribution in [0.5, 0.6) is 11.5 Å². The molecular weight excluding hydrogens is 294 g/mol. The molecule has 116 valence electrons. The molecule has 0 unspecified atom stereocenters. The van der Waals surface area contributed by atoms with E-state index >= 15 is 0 Å². The van der Waals surface area contributed by atoms with Crippen LogP contribution in [0.1, 0.15) is 10.5 Å². The van der Waals surface area contributed by atoms with Gasteiger partial charge in [0.25, 0.3) is 0 Å². The Morgan fingerprint density at radius 2 is 1.74 bits per heavy atom. The van der Waals surface area contributed by atoms with Gasteiger partial charge < -0.3 is 9.47 Å². The number of hydrogen-bond donors (Lipinski definition) is 0. The van der Waals surface area contributed by atoms with Crippen molar-refractivity contribution in [1.82, 2.24) is 15.0 Å². The van der Waals surface area contributed by atoms with Gasteiger partial charge in [-0.25, -0.2) is 4.68 Å². The van der Waals surface area contributed by atoms with Gasteiger partial charge in [-0.3, -0.25) is 4.79 Å². The molecule has 0 radical (unpaired) electrons. The Labute approximate surface area is 133 Å². The molecule has 1 aromatic heterocycles. The Kier molecular flexibility index (Phi) is 4.05. The van der Waals surface area contributed by atoms with E-state index in [1.807, 2.05) is 48.5 Å². The van der Waals surface area contributed by atoms with E-state index < -0.39 is 0 Å². The number of hydrogen-bond acceptors (Lipinski definition) is 5. The number of carbonyl (C=O) groups excluding carboxylic acids is 1. The smallest absolute Gasteiger partial charge is 0.172 e. The molecule has 6 heteroatoms. The van der Waals surface area contributed by atoms with E-state index in [0.717, 1.165) is 17.0 Å². The zero-order chi connectivity index (χ0) is 16.2. The average molecular weight is 309 g/mol. The number of aromatic nitrogens is 3. The van der Waals surface area contributed by atoms with E-state index in [-0.39, 0.29) is 5.69 Å². The molecule has 23 heavy (non-hydrogen) atoms.